The highest BCUT2D eigenvalue weighted by Gasteiger charge is 2.30. The average Bonchev–Trinajstić information content (AvgIpc) is 2.54. The lowest BCUT2D eigenvalue weighted by Crippen LogP contribution is -2.36. The van der Waals surface area contributed by atoms with Gasteiger partial charge in [0.1, 0.15) is 5.75 Å². The summed E-state index contributed by atoms with van der Waals surface area (Å²) in [5.41, 5.74) is 8.06. The fourth-order valence-electron chi connectivity index (χ4n) is 2.80. The standard InChI is InChI=1S/C17H21N3O3S/c1-12(2)23-15-6-5-14-11-20(9-7-13(14)10-15)24(21,22)17-16(18)4-3-8-19-17/h3-6,8,10,12H,7,9,11,18H2,1-2H3. The van der Waals surface area contributed by atoms with E-state index >= 15 is 0 Å². The van der Waals surface area contributed by atoms with Gasteiger partial charge in [0.2, 0.25) is 0 Å². The first-order valence-corrected chi connectivity index (χ1v) is 9.31. The number of hydrogen-bond acceptors (Lipinski definition) is 5. The topological polar surface area (TPSA) is 85.5 Å². The van der Waals surface area contributed by atoms with Crippen molar-refractivity contribution in [2.24, 2.45) is 0 Å². The molecule has 1 aromatic carbocycles. The number of ether oxygens (including phenoxy) is 1. The molecule has 0 saturated heterocycles. The van der Waals surface area contributed by atoms with E-state index in [1.165, 1.54) is 10.5 Å². The first-order valence-electron chi connectivity index (χ1n) is 7.87. The van der Waals surface area contributed by atoms with Gasteiger partial charge in [-0.05, 0) is 55.7 Å². The van der Waals surface area contributed by atoms with Crippen molar-refractivity contribution in [2.75, 3.05) is 12.3 Å². The molecule has 0 bridgehead atoms. The molecule has 0 saturated carbocycles. The molecule has 7 heteroatoms. The Kier molecular flexibility index (Phi) is 4.47. The number of nitrogen functional groups attached to an aromatic ring is 1. The van der Waals surface area contributed by atoms with E-state index in [2.05, 4.69) is 4.98 Å². The minimum absolute atomic E-state index is 0.0757. The summed E-state index contributed by atoms with van der Waals surface area (Å²) >= 11 is 0. The highest BCUT2D eigenvalue weighted by atomic mass is 32.2. The number of benzene rings is 1. The first kappa shape index (κ1) is 16.7. The molecule has 6 nitrogen and oxygen atoms in total. The van der Waals surface area contributed by atoms with Crippen molar-refractivity contribution >= 4 is 15.7 Å². The van der Waals surface area contributed by atoms with Crippen LogP contribution in [0.25, 0.3) is 0 Å². The fourth-order valence-corrected chi connectivity index (χ4v) is 4.24. The number of nitrogens with two attached hydrogens (primary N) is 1. The number of fused-ring (bicyclic) bond motifs is 1. The van der Waals surface area contributed by atoms with E-state index in [0.29, 0.717) is 19.5 Å². The van der Waals surface area contributed by atoms with Crippen molar-refractivity contribution in [3.8, 4) is 5.75 Å². The van der Waals surface area contributed by atoms with E-state index in [1.54, 1.807) is 12.1 Å². The monoisotopic (exact) mass is 347 g/mol. The summed E-state index contributed by atoms with van der Waals surface area (Å²) in [6.45, 7) is 4.67. The second kappa shape index (κ2) is 6.41. The van der Waals surface area contributed by atoms with Gasteiger partial charge in [0.05, 0.1) is 11.8 Å². The van der Waals surface area contributed by atoms with Crippen LogP contribution in [-0.2, 0) is 23.0 Å². The van der Waals surface area contributed by atoms with E-state index in [4.69, 9.17) is 10.5 Å². The SMILES string of the molecule is CC(C)Oc1ccc2c(c1)CCN(S(=O)(=O)c1ncccc1N)C2. The molecule has 1 aliphatic rings. The maximum atomic E-state index is 12.8. The van der Waals surface area contributed by atoms with Crippen LogP contribution in [0.5, 0.6) is 5.75 Å². The van der Waals surface area contributed by atoms with E-state index < -0.39 is 10.0 Å². The zero-order chi connectivity index (χ0) is 17.3. The molecule has 2 aromatic rings. The summed E-state index contributed by atoms with van der Waals surface area (Å²) in [5.74, 6) is 0.814. The van der Waals surface area contributed by atoms with Gasteiger partial charge in [-0.25, -0.2) is 13.4 Å². The third-order valence-corrected chi connectivity index (χ3v) is 5.73. The lowest BCUT2D eigenvalue weighted by Gasteiger charge is -2.28. The van der Waals surface area contributed by atoms with Crippen molar-refractivity contribution in [3.05, 3.63) is 47.7 Å². The summed E-state index contributed by atoms with van der Waals surface area (Å²) in [5, 5.41) is -0.0757. The molecule has 0 atom stereocenters. The predicted octanol–water partition coefficient (Wildman–Crippen LogP) is 2.20. The minimum Gasteiger partial charge on any atom is -0.491 e. The van der Waals surface area contributed by atoms with Crippen molar-refractivity contribution < 1.29 is 13.2 Å². The van der Waals surface area contributed by atoms with Crippen molar-refractivity contribution in [2.45, 2.75) is 37.9 Å². The Morgan fingerprint density at radius 2 is 2.04 bits per heavy atom. The largest absolute Gasteiger partial charge is 0.491 e. The number of sulfonamides is 1. The quantitative estimate of drug-likeness (QED) is 0.916. The van der Waals surface area contributed by atoms with Crippen LogP contribution in [0.2, 0.25) is 0 Å². The molecule has 128 valence electrons. The van der Waals surface area contributed by atoms with E-state index in [9.17, 15) is 8.42 Å². The molecule has 2 N–H and O–H groups in total. The smallest absolute Gasteiger partial charge is 0.262 e. The third kappa shape index (κ3) is 3.22. The molecule has 0 fully saturated rings. The van der Waals surface area contributed by atoms with Gasteiger partial charge in [0.15, 0.2) is 5.03 Å². The Hall–Kier alpha value is -2.12. The van der Waals surface area contributed by atoms with Crippen molar-refractivity contribution in [3.63, 3.8) is 0 Å². The molecule has 1 aromatic heterocycles. The number of aromatic nitrogens is 1. The van der Waals surface area contributed by atoms with Crippen LogP contribution in [0.1, 0.15) is 25.0 Å². The van der Waals surface area contributed by atoms with Gasteiger partial charge in [0.25, 0.3) is 10.0 Å². The van der Waals surface area contributed by atoms with Gasteiger partial charge in [-0.15, -0.1) is 0 Å². The zero-order valence-electron chi connectivity index (χ0n) is 13.8. The lowest BCUT2D eigenvalue weighted by atomic mass is 10.0. The third-order valence-electron chi connectivity index (χ3n) is 3.91. The van der Waals surface area contributed by atoms with Crippen LogP contribution in [0, 0.1) is 0 Å². The van der Waals surface area contributed by atoms with Crippen LogP contribution in [-0.4, -0.2) is 30.4 Å². The van der Waals surface area contributed by atoms with Crippen LogP contribution in [0.15, 0.2) is 41.6 Å². The fraction of sp³-hybridized carbons (Fsp3) is 0.353. The summed E-state index contributed by atoms with van der Waals surface area (Å²) in [6.07, 6.45) is 2.18. The number of pyridine rings is 1. The molecular formula is C17H21N3O3S. The summed E-state index contributed by atoms with van der Waals surface area (Å²) in [4.78, 5) is 3.95. The highest BCUT2D eigenvalue weighted by molar-refractivity contribution is 7.89. The first-order chi connectivity index (χ1) is 11.4. The van der Waals surface area contributed by atoms with Gasteiger partial charge in [0, 0.05) is 19.3 Å². The number of anilines is 1. The second-order valence-corrected chi connectivity index (χ2v) is 7.94. The highest BCUT2D eigenvalue weighted by Crippen LogP contribution is 2.28. The van der Waals surface area contributed by atoms with E-state index in [1.807, 2.05) is 32.0 Å². The summed E-state index contributed by atoms with van der Waals surface area (Å²) in [6, 6.07) is 8.97. The molecule has 24 heavy (non-hydrogen) atoms. The Labute approximate surface area is 142 Å². The molecule has 1 aliphatic heterocycles. The Morgan fingerprint density at radius 1 is 1.25 bits per heavy atom. The Morgan fingerprint density at radius 3 is 2.75 bits per heavy atom. The van der Waals surface area contributed by atoms with Crippen molar-refractivity contribution in [1.82, 2.24) is 9.29 Å². The molecule has 0 spiro atoms. The maximum Gasteiger partial charge on any atom is 0.262 e. The normalized spacial score (nSPS) is 15.3. The summed E-state index contributed by atoms with van der Waals surface area (Å²) in [7, 11) is -3.70. The second-order valence-electron chi connectivity index (χ2n) is 6.08. The molecular weight excluding hydrogens is 326 g/mol. The van der Waals surface area contributed by atoms with E-state index in [0.717, 1.165) is 16.9 Å². The van der Waals surface area contributed by atoms with Gasteiger partial charge in [-0.1, -0.05) is 6.07 Å². The van der Waals surface area contributed by atoms with Crippen LogP contribution in [0.3, 0.4) is 0 Å². The van der Waals surface area contributed by atoms with Gasteiger partial charge < -0.3 is 10.5 Å². The minimum atomic E-state index is -3.70. The molecule has 3 rings (SSSR count). The Bertz CT molecular complexity index is 850. The van der Waals surface area contributed by atoms with Crippen LogP contribution in [0.4, 0.5) is 5.69 Å². The number of nitrogens with zero attached hydrogens (tertiary/aromatic N) is 2. The van der Waals surface area contributed by atoms with Gasteiger partial charge in [-0.3, -0.25) is 0 Å². The lowest BCUT2D eigenvalue weighted by molar-refractivity contribution is 0.242. The van der Waals surface area contributed by atoms with Crippen LogP contribution >= 0.6 is 0 Å². The van der Waals surface area contributed by atoms with Gasteiger partial charge in [-0.2, -0.15) is 4.31 Å². The molecule has 0 amide bonds. The van der Waals surface area contributed by atoms with E-state index in [-0.39, 0.29) is 16.8 Å². The van der Waals surface area contributed by atoms with Crippen molar-refractivity contribution in [1.29, 1.82) is 0 Å². The Balaban J connectivity index is 1.86. The number of hydrogen-bond donors (Lipinski definition) is 1. The van der Waals surface area contributed by atoms with Gasteiger partial charge >= 0.3 is 0 Å². The number of rotatable bonds is 4. The summed E-state index contributed by atoms with van der Waals surface area (Å²) < 4.78 is 32.7. The molecule has 0 radical (unpaired) electrons. The molecule has 0 unspecified atom stereocenters. The predicted molar refractivity (Wildman–Crippen MR) is 92.2 cm³/mol. The maximum absolute atomic E-state index is 12.8. The molecule has 0 aliphatic carbocycles. The van der Waals surface area contributed by atoms with Crippen LogP contribution < -0.4 is 10.5 Å². The molecule has 2 heterocycles. The average molecular weight is 347 g/mol. The zero-order valence-corrected chi connectivity index (χ0v) is 14.6.